The highest BCUT2D eigenvalue weighted by Gasteiger charge is 2.14. The van der Waals surface area contributed by atoms with Crippen molar-refractivity contribution in [2.45, 2.75) is 26.7 Å². The molecule has 0 aliphatic carbocycles. The number of benzene rings is 3. The Hall–Kier alpha value is -3.91. The average molecular weight is 426 g/mol. The summed E-state index contributed by atoms with van der Waals surface area (Å²) >= 11 is 0. The topological polar surface area (TPSA) is 68.7 Å². The Kier molecular flexibility index (Phi) is 6.04. The summed E-state index contributed by atoms with van der Waals surface area (Å²) in [5.74, 6) is -0.398. The lowest BCUT2D eigenvalue weighted by atomic mass is 10.0. The van der Waals surface area contributed by atoms with Gasteiger partial charge >= 0.3 is 0 Å². The molecule has 1 aromatic heterocycles. The second-order valence-electron chi connectivity index (χ2n) is 7.96. The lowest BCUT2D eigenvalue weighted by molar-refractivity contribution is 0.0954. The van der Waals surface area contributed by atoms with E-state index in [9.17, 15) is 9.18 Å². The van der Waals surface area contributed by atoms with Gasteiger partial charge in [0.25, 0.3) is 5.91 Å². The molecule has 0 aliphatic rings. The highest BCUT2D eigenvalue weighted by Crippen LogP contribution is 2.28. The molecule has 32 heavy (non-hydrogen) atoms. The summed E-state index contributed by atoms with van der Waals surface area (Å²) in [5, 5.41) is 12.7. The molecule has 4 rings (SSSR count). The van der Waals surface area contributed by atoms with Gasteiger partial charge in [0.2, 0.25) is 0 Å². The fourth-order valence-electron chi connectivity index (χ4n) is 4.08. The first-order chi connectivity index (χ1) is 15.5. The SMILES string of the molecule is Cc1[nH]c2c(F)ccc(C)c2c1CCNC(=O)c1ccc(-c2ccc(CC#N)cc2)cc1. The molecule has 1 amide bonds. The number of carbonyl (C=O) groups is 1. The molecule has 0 aliphatic heterocycles. The molecule has 3 aromatic carbocycles. The quantitative estimate of drug-likeness (QED) is 0.420. The van der Waals surface area contributed by atoms with Crippen LogP contribution in [0.4, 0.5) is 4.39 Å². The van der Waals surface area contributed by atoms with E-state index in [0.717, 1.165) is 38.9 Å². The second kappa shape index (κ2) is 9.07. The summed E-state index contributed by atoms with van der Waals surface area (Å²) < 4.78 is 14.1. The minimum Gasteiger partial charge on any atom is -0.356 e. The molecule has 0 atom stereocenters. The third kappa shape index (κ3) is 4.26. The second-order valence-corrected chi connectivity index (χ2v) is 7.96. The van der Waals surface area contributed by atoms with Crippen LogP contribution in [0.2, 0.25) is 0 Å². The molecule has 5 heteroatoms. The van der Waals surface area contributed by atoms with Crippen LogP contribution >= 0.6 is 0 Å². The molecular weight excluding hydrogens is 401 g/mol. The lowest BCUT2D eigenvalue weighted by Gasteiger charge is -2.08. The molecule has 0 fully saturated rings. The van der Waals surface area contributed by atoms with Crippen LogP contribution in [0, 0.1) is 31.0 Å². The molecule has 0 saturated heterocycles. The van der Waals surface area contributed by atoms with Gasteiger partial charge in [-0.2, -0.15) is 5.26 Å². The van der Waals surface area contributed by atoms with Crippen LogP contribution in [0.5, 0.6) is 0 Å². The number of rotatable bonds is 6. The van der Waals surface area contributed by atoms with Gasteiger partial charge in [0.15, 0.2) is 0 Å². The van der Waals surface area contributed by atoms with Crippen molar-refractivity contribution in [3.63, 3.8) is 0 Å². The van der Waals surface area contributed by atoms with Gasteiger partial charge in [0.05, 0.1) is 18.0 Å². The molecule has 0 unspecified atom stereocenters. The molecule has 4 aromatic rings. The minimum atomic E-state index is -0.260. The van der Waals surface area contributed by atoms with Gasteiger partial charge in [-0.15, -0.1) is 0 Å². The smallest absolute Gasteiger partial charge is 0.251 e. The number of carbonyl (C=O) groups excluding carboxylic acids is 1. The van der Waals surface area contributed by atoms with Crippen LogP contribution < -0.4 is 5.32 Å². The maximum absolute atomic E-state index is 14.1. The lowest BCUT2D eigenvalue weighted by Crippen LogP contribution is -2.25. The number of H-pyrrole nitrogens is 1. The molecule has 0 radical (unpaired) electrons. The summed E-state index contributed by atoms with van der Waals surface area (Å²) in [6, 6.07) is 20.7. The Morgan fingerprint density at radius 3 is 2.31 bits per heavy atom. The fraction of sp³-hybridized carbons (Fsp3) is 0.185. The number of nitrogens with one attached hydrogen (secondary N) is 2. The van der Waals surface area contributed by atoms with Gasteiger partial charge in [-0.05, 0) is 66.3 Å². The van der Waals surface area contributed by atoms with Gasteiger partial charge in [-0.3, -0.25) is 4.79 Å². The molecule has 4 nitrogen and oxygen atoms in total. The molecule has 160 valence electrons. The maximum atomic E-state index is 14.1. The third-order valence-corrected chi connectivity index (χ3v) is 5.81. The molecule has 0 bridgehead atoms. The number of aromatic nitrogens is 1. The van der Waals surface area contributed by atoms with E-state index in [4.69, 9.17) is 5.26 Å². The highest BCUT2D eigenvalue weighted by atomic mass is 19.1. The molecule has 0 spiro atoms. The van der Waals surface area contributed by atoms with Gasteiger partial charge < -0.3 is 10.3 Å². The van der Waals surface area contributed by atoms with Gasteiger partial charge in [0.1, 0.15) is 5.82 Å². The average Bonchev–Trinajstić information content (AvgIpc) is 3.14. The van der Waals surface area contributed by atoms with Crippen molar-refractivity contribution in [1.82, 2.24) is 10.3 Å². The van der Waals surface area contributed by atoms with E-state index in [0.29, 0.717) is 30.5 Å². The van der Waals surface area contributed by atoms with Crippen molar-refractivity contribution in [2.24, 2.45) is 0 Å². The number of nitrogens with zero attached hydrogens (tertiary/aromatic N) is 1. The van der Waals surface area contributed by atoms with Gasteiger partial charge in [-0.1, -0.05) is 42.5 Å². The highest BCUT2D eigenvalue weighted by molar-refractivity contribution is 5.94. The monoisotopic (exact) mass is 425 g/mol. The van der Waals surface area contributed by atoms with Crippen molar-refractivity contribution in [3.8, 4) is 17.2 Å². The first kappa shape index (κ1) is 21.3. The van der Waals surface area contributed by atoms with E-state index in [-0.39, 0.29) is 11.7 Å². The van der Waals surface area contributed by atoms with E-state index in [1.54, 1.807) is 6.07 Å². The summed E-state index contributed by atoms with van der Waals surface area (Å²) in [7, 11) is 0. The van der Waals surface area contributed by atoms with Crippen molar-refractivity contribution in [2.75, 3.05) is 6.54 Å². The molecular formula is C27H24FN3O. The number of fused-ring (bicyclic) bond motifs is 1. The van der Waals surface area contributed by atoms with E-state index in [1.165, 1.54) is 6.07 Å². The van der Waals surface area contributed by atoms with E-state index in [2.05, 4.69) is 16.4 Å². The van der Waals surface area contributed by atoms with Gasteiger partial charge in [0, 0.05) is 23.2 Å². The predicted molar refractivity (Wildman–Crippen MR) is 125 cm³/mol. The van der Waals surface area contributed by atoms with E-state index >= 15 is 0 Å². The summed E-state index contributed by atoms with van der Waals surface area (Å²) in [6.45, 7) is 4.36. The summed E-state index contributed by atoms with van der Waals surface area (Å²) in [4.78, 5) is 15.7. The van der Waals surface area contributed by atoms with Crippen molar-refractivity contribution in [3.05, 3.63) is 94.4 Å². The zero-order valence-corrected chi connectivity index (χ0v) is 18.1. The number of hydrogen-bond acceptors (Lipinski definition) is 2. The maximum Gasteiger partial charge on any atom is 0.251 e. The van der Waals surface area contributed by atoms with Crippen LogP contribution in [0.25, 0.3) is 22.0 Å². The first-order valence-corrected chi connectivity index (χ1v) is 10.6. The Labute approximate surface area is 186 Å². The van der Waals surface area contributed by atoms with Crippen LogP contribution in [0.15, 0.2) is 60.7 Å². The number of nitriles is 1. The molecule has 0 saturated carbocycles. The van der Waals surface area contributed by atoms with Crippen LogP contribution in [-0.2, 0) is 12.8 Å². The van der Waals surface area contributed by atoms with Crippen LogP contribution in [0.3, 0.4) is 0 Å². The predicted octanol–water partition coefficient (Wildman–Crippen LogP) is 5.63. The largest absolute Gasteiger partial charge is 0.356 e. The first-order valence-electron chi connectivity index (χ1n) is 10.6. The standard InChI is InChI=1S/C27H24FN3O/c1-17-3-12-24(28)26-25(17)23(18(2)31-26)14-16-30-27(32)22-10-8-21(9-11-22)20-6-4-19(5-7-20)13-15-29/h3-12,31H,13-14,16H2,1-2H3,(H,30,32). The number of aryl methyl sites for hydroxylation is 2. The summed E-state index contributed by atoms with van der Waals surface area (Å²) in [6.07, 6.45) is 1.01. The van der Waals surface area contributed by atoms with E-state index < -0.39 is 0 Å². The number of hydrogen-bond donors (Lipinski definition) is 2. The Morgan fingerprint density at radius 2 is 1.66 bits per heavy atom. The Balaban J connectivity index is 1.41. The normalized spacial score (nSPS) is 10.8. The van der Waals surface area contributed by atoms with Crippen molar-refractivity contribution in [1.29, 1.82) is 5.26 Å². The number of halogens is 1. The van der Waals surface area contributed by atoms with Crippen molar-refractivity contribution >= 4 is 16.8 Å². The number of amides is 1. The third-order valence-electron chi connectivity index (χ3n) is 5.81. The zero-order chi connectivity index (χ0) is 22.7. The Bertz CT molecular complexity index is 1310. The molecule has 2 N–H and O–H groups in total. The summed E-state index contributed by atoms with van der Waals surface area (Å²) in [5.41, 5.74) is 7.12. The van der Waals surface area contributed by atoms with E-state index in [1.807, 2.05) is 62.4 Å². The Morgan fingerprint density at radius 1 is 1.00 bits per heavy atom. The fourth-order valence-corrected chi connectivity index (χ4v) is 4.08. The number of aromatic amines is 1. The van der Waals surface area contributed by atoms with Crippen LogP contribution in [0.1, 0.15) is 32.7 Å². The van der Waals surface area contributed by atoms with Crippen molar-refractivity contribution < 1.29 is 9.18 Å². The minimum absolute atomic E-state index is 0.138. The zero-order valence-electron chi connectivity index (χ0n) is 18.1. The molecule has 1 heterocycles. The van der Waals surface area contributed by atoms with Crippen LogP contribution in [-0.4, -0.2) is 17.4 Å². The van der Waals surface area contributed by atoms with Gasteiger partial charge in [-0.25, -0.2) is 4.39 Å².